The molecule has 0 fully saturated rings. The molecule has 2 aromatic carbocycles. The molecule has 0 bridgehead atoms. The van der Waals surface area contributed by atoms with Crippen LogP contribution in [0.3, 0.4) is 0 Å². The van der Waals surface area contributed by atoms with Crippen molar-refractivity contribution < 1.29 is 27.4 Å². The van der Waals surface area contributed by atoms with Crippen molar-refractivity contribution in [1.82, 2.24) is 5.32 Å². The van der Waals surface area contributed by atoms with E-state index in [9.17, 15) is 13.2 Å². The first-order chi connectivity index (χ1) is 15.2. The number of hydrogen-bond donors (Lipinski definition) is 1. The normalized spacial score (nSPS) is 12.0. The summed E-state index contributed by atoms with van der Waals surface area (Å²) in [6.45, 7) is 7.05. The lowest BCUT2D eigenvalue weighted by Gasteiger charge is -2.19. The van der Waals surface area contributed by atoms with Gasteiger partial charge in [0.1, 0.15) is 5.75 Å². The van der Waals surface area contributed by atoms with Gasteiger partial charge in [-0.15, -0.1) is 0 Å². The van der Waals surface area contributed by atoms with Crippen LogP contribution in [0.1, 0.15) is 32.8 Å². The summed E-state index contributed by atoms with van der Waals surface area (Å²) >= 11 is 0. The van der Waals surface area contributed by atoms with Crippen LogP contribution in [0.25, 0.3) is 0 Å². The Labute approximate surface area is 190 Å². The molecule has 0 saturated heterocycles. The molecule has 0 heterocycles. The lowest BCUT2D eigenvalue weighted by molar-refractivity contribution is -0.128. The summed E-state index contributed by atoms with van der Waals surface area (Å²) < 4.78 is 41.5. The van der Waals surface area contributed by atoms with Gasteiger partial charge in [-0.05, 0) is 62.2 Å². The lowest BCUT2D eigenvalue weighted by Crippen LogP contribution is -2.37. The van der Waals surface area contributed by atoms with Crippen molar-refractivity contribution in [1.29, 1.82) is 0 Å². The fourth-order valence-electron chi connectivity index (χ4n) is 2.92. The second kappa shape index (κ2) is 11.6. The molecule has 2 aromatic rings. The molecule has 0 aliphatic carbocycles. The van der Waals surface area contributed by atoms with E-state index < -0.39 is 16.1 Å². The van der Waals surface area contributed by atoms with Crippen molar-refractivity contribution in [3.8, 4) is 17.2 Å². The minimum Gasteiger partial charge on any atom is -0.490 e. The summed E-state index contributed by atoms with van der Waals surface area (Å²) in [4.78, 5) is 12.7. The molecule has 0 radical (unpaired) electrons. The Bertz CT molecular complexity index is 992. The van der Waals surface area contributed by atoms with Crippen molar-refractivity contribution >= 4 is 21.6 Å². The van der Waals surface area contributed by atoms with Crippen LogP contribution in [0.2, 0.25) is 0 Å². The number of benzene rings is 2. The lowest BCUT2D eigenvalue weighted by atomic mass is 10.2. The van der Waals surface area contributed by atoms with Crippen molar-refractivity contribution in [2.24, 2.45) is 0 Å². The molecule has 1 N–H and O–H groups in total. The van der Waals surface area contributed by atoms with Crippen molar-refractivity contribution in [3.05, 3.63) is 48.0 Å². The minimum absolute atomic E-state index is 0.239. The van der Waals surface area contributed by atoms with Gasteiger partial charge in [-0.1, -0.05) is 13.0 Å². The van der Waals surface area contributed by atoms with Gasteiger partial charge >= 0.3 is 0 Å². The van der Waals surface area contributed by atoms with Gasteiger partial charge in [0.25, 0.3) is 5.91 Å². The molecule has 1 amide bonds. The van der Waals surface area contributed by atoms with E-state index in [0.717, 1.165) is 11.8 Å². The molecule has 1 atom stereocenters. The highest BCUT2D eigenvalue weighted by atomic mass is 32.2. The highest BCUT2D eigenvalue weighted by molar-refractivity contribution is 7.92. The number of sulfonamides is 1. The van der Waals surface area contributed by atoms with Crippen molar-refractivity contribution in [2.45, 2.75) is 39.8 Å². The topological polar surface area (TPSA) is 94.2 Å². The maximum absolute atomic E-state index is 12.7. The van der Waals surface area contributed by atoms with Gasteiger partial charge in [-0.2, -0.15) is 0 Å². The van der Waals surface area contributed by atoms with E-state index in [1.165, 1.54) is 11.4 Å². The molecule has 0 aliphatic heterocycles. The van der Waals surface area contributed by atoms with Gasteiger partial charge < -0.3 is 19.5 Å². The van der Waals surface area contributed by atoms with E-state index in [-0.39, 0.29) is 5.91 Å². The van der Waals surface area contributed by atoms with Crippen LogP contribution in [0.15, 0.2) is 42.5 Å². The Balaban J connectivity index is 2.00. The first-order valence-corrected chi connectivity index (χ1v) is 12.4. The van der Waals surface area contributed by atoms with Crippen molar-refractivity contribution in [2.75, 3.05) is 30.8 Å². The third kappa shape index (κ3) is 7.05. The standard InChI is InChI=1S/C23H32N2O6S/c1-6-20(31-19-12-10-18(11-13-19)25(4)32(5,27)28)23(26)24-16-17-9-14-21(29-7-2)22(15-17)30-8-3/h9-15,20H,6-8,16H2,1-5H3,(H,24,26)/t20-/m0/s1. The van der Waals surface area contributed by atoms with Crippen LogP contribution in [0.4, 0.5) is 5.69 Å². The average Bonchev–Trinajstić information content (AvgIpc) is 2.77. The maximum atomic E-state index is 12.7. The first kappa shape index (κ1) is 25.3. The number of amides is 1. The fourth-order valence-corrected chi connectivity index (χ4v) is 3.43. The number of anilines is 1. The van der Waals surface area contributed by atoms with Gasteiger partial charge in [0.05, 0.1) is 25.2 Å². The molecule has 0 saturated carbocycles. The average molecular weight is 465 g/mol. The summed E-state index contributed by atoms with van der Waals surface area (Å²) in [6, 6.07) is 12.1. The predicted molar refractivity (Wildman–Crippen MR) is 125 cm³/mol. The molecule has 32 heavy (non-hydrogen) atoms. The number of rotatable bonds is 12. The number of ether oxygens (including phenoxy) is 3. The Hall–Kier alpha value is -2.94. The van der Waals surface area contributed by atoms with E-state index in [1.54, 1.807) is 24.3 Å². The highest BCUT2D eigenvalue weighted by Gasteiger charge is 2.19. The van der Waals surface area contributed by atoms with Crippen LogP contribution >= 0.6 is 0 Å². The van der Waals surface area contributed by atoms with E-state index in [1.807, 2.05) is 39.0 Å². The van der Waals surface area contributed by atoms with Crippen LogP contribution in [-0.2, 0) is 21.4 Å². The number of carbonyl (C=O) groups is 1. The zero-order chi connectivity index (χ0) is 23.7. The highest BCUT2D eigenvalue weighted by Crippen LogP contribution is 2.28. The molecule has 9 heteroatoms. The van der Waals surface area contributed by atoms with E-state index in [2.05, 4.69) is 5.32 Å². The van der Waals surface area contributed by atoms with E-state index >= 15 is 0 Å². The molecule has 0 unspecified atom stereocenters. The summed E-state index contributed by atoms with van der Waals surface area (Å²) in [5.41, 5.74) is 1.39. The number of nitrogens with one attached hydrogen (secondary N) is 1. The van der Waals surface area contributed by atoms with Crippen LogP contribution in [0, 0.1) is 0 Å². The number of nitrogens with zero attached hydrogens (tertiary/aromatic N) is 1. The van der Waals surface area contributed by atoms with Gasteiger partial charge in [-0.3, -0.25) is 9.10 Å². The third-order valence-electron chi connectivity index (χ3n) is 4.71. The van der Waals surface area contributed by atoms with Crippen LogP contribution < -0.4 is 23.8 Å². The molecule has 0 aliphatic rings. The van der Waals surface area contributed by atoms with Gasteiger partial charge in [0, 0.05) is 13.6 Å². The van der Waals surface area contributed by atoms with E-state index in [4.69, 9.17) is 14.2 Å². The van der Waals surface area contributed by atoms with Gasteiger partial charge in [-0.25, -0.2) is 8.42 Å². The van der Waals surface area contributed by atoms with E-state index in [0.29, 0.717) is 49.1 Å². The minimum atomic E-state index is -3.34. The third-order valence-corrected chi connectivity index (χ3v) is 5.92. The van der Waals surface area contributed by atoms with Crippen LogP contribution in [0.5, 0.6) is 17.2 Å². The molecule has 0 spiro atoms. The SMILES string of the molecule is CCOc1ccc(CNC(=O)[C@H](CC)Oc2ccc(N(C)S(C)(=O)=O)cc2)cc1OCC. The maximum Gasteiger partial charge on any atom is 0.261 e. The molecule has 8 nitrogen and oxygen atoms in total. The number of hydrogen-bond acceptors (Lipinski definition) is 6. The Morgan fingerprint density at radius 3 is 2.19 bits per heavy atom. The Kier molecular flexibility index (Phi) is 9.19. The smallest absolute Gasteiger partial charge is 0.261 e. The van der Waals surface area contributed by atoms with Crippen LogP contribution in [-0.4, -0.2) is 46.9 Å². The quantitative estimate of drug-likeness (QED) is 0.518. The molecule has 0 aromatic heterocycles. The summed E-state index contributed by atoms with van der Waals surface area (Å²) in [5, 5.41) is 2.89. The largest absolute Gasteiger partial charge is 0.490 e. The van der Waals surface area contributed by atoms with Gasteiger partial charge in [0.15, 0.2) is 17.6 Å². The fraction of sp³-hybridized carbons (Fsp3) is 0.435. The monoisotopic (exact) mass is 464 g/mol. The predicted octanol–water partition coefficient (Wildman–Crippen LogP) is 3.35. The Morgan fingerprint density at radius 2 is 1.62 bits per heavy atom. The second-order valence-corrected chi connectivity index (χ2v) is 9.12. The Morgan fingerprint density at radius 1 is 1.00 bits per heavy atom. The molecular formula is C23H32N2O6S. The first-order valence-electron chi connectivity index (χ1n) is 10.6. The summed E-state index contributed by atoms with van der Waals surface area (Å²) in [7, 11) is -1.87. The summed E-state index contributed by atoms with van der Waals surface area (Å²) in [6.07, 6.45) is 0.934. The number of carbonyl (C=O) groups excluding carboxylic acids is 1. The summed E-state index contributed by atoms with van der Waals surface area (Å²) in [5.74, 6) is 1.56. The van der Waals surface area contributed by atoms with Crippen molar-refractivity contribution in [3.63, 3.8) is 0 Å². The molecule has 2 rings (SSSR count). The molecule has 176 valence electrons. The van der Waals surface area contributed by atoms with Gasteiger partial charge in [0.2, 0.25) is 10.0 Å². The molecular weight excluding hydrogens is 432 g/mol. The zero-order valence-corrected chi connectivity index (χ0v) is 20.1. The second-order valence-electron chi connectivity index (χ2n) is 7.10. The zero-order valence-electron chi connectivity index (χ0n) is 19.3.